The number of ether oxygens (including phenoxy) is 1. The number of aliphatic imine (C=N–C) groups is 2. The van der Waals surface area contributed by atoms with Crippen LogP contribution in [0.2, 0.25) is 0 Å². The molecule has 1 aliphatic rings. The number of thioether (sulfide) groups is 1. The predicted octanol–water partition coefficient (Wildman–Crippen LogP) is 7.30. The number of rotatable bonds is 10. The van der Waals surface area contributed by atoms with E-state index in [1.165, 1.54) is 0 Å². The molecule has 0 bridgehead atoms. The van der Waals surface area contributed by atoms with Gasteiger partial charge in [-0.05, 0) is 82.3 Å². The van der Waals surface area contributed by atoms with Crippen molar-refractivity contribution < 1.29 is 19.1 Å². The van der Waals surface area contributed by atoms with Crippen molar-refractivity contribution in [2.24, 2.45) is 15.9 Å². The van der Waals surface area contributed by atoms with Gasteiger partial charge in [-0.1, -0.05) is 54.4 Å². The highest BCUT2D eigenvalue weighted by atomic mass is 35.5. The molecule has 2 rings (SSSR count). The highest BCUT2D eigenvalue weighted by molar-refractivity contribution is 8.13. The second kappa shape index (κ2) is 18.2. The van der Waals surface area contributed by atoms with Crippen molar-refractivity contribution in [3.63, 3.8) is 0 Å². The van der Waals surface area contributed by atoms with Gasteiger partial charge in [-0.15, -0.1) is 0 Å². The van der Waals surface area contributed by atoms with Crippen molar-refractivity contribution in [1.29, 1.82) is 0 Å². The highest BCUT2D eigenvalue weighted by Gasteiger charge is 2.37. The molecule has 0 heterocycles. The van der Waals surface area contributed by atoms with Gasteiger partial charge in [0.25, 0.3) is 5.91 Å². The molecule has 40 heavy (non-hydrogen) atoms. The van der Waals surface area contributed by atoms with Gasteiger partial charge in [0.05, 0.1) is 10.6 Å². The van der Waals surface area contributed by atoms with Crippen LogP contribution in [0.1, 0.15) is 55.9 Å². The molecule has 1 aromatic rings. The molecule has 0 fully saturated rings. The predicted molar refractivity (Wildman–Crippen MR) is 169 cm³/mol. The van der Waals surface area contributed by atoms with Crippen LogP contribution in [0.3, 0.4) is 0 Å². The third kappa shape index (κ3) is 10.7. The standard InChI is InChI=1S/C26H32N2O4S.C5H8ClN/c1-7-9-10-20(27-6)25(30)28-12-11-19-15-21(32-26(31)33-8-2)23(24(19)29)22-17(4)13-16(3)14-18(22)5;1-3-5(6)4-7-2/h7,9-10,13-14,19H,6,8,11-12,15H2,1-5H3,(H,28,30);3-4H,1-2H3/b9-7-,20-10-;5-3+,7-4?. The minimum absolute atomic E-state index is 0.0601. The number of carbonyl (C=O) groups excluding carboxylic acids is 3. The maximum absolute atomic E-state index is 13.4. The van der Waals surface area contributed by atoms with E-state index in [-0.39, 0.29) is 23.3 Å². The molecule has 1 atom stereocenters. The Morgan fingerprint density at radius 3 is 2.38 bits per heavy atom. The maximum Gasteiger partial charge on any atom is 0.372 e. The molecule has 0 saturated carbocycles. The highest BCUT2D eigenvalue weighted by Crippen LogP contribution is 2.40. The number of aryl methyl sites for hydroxylation is 3. The molecule has 0 aromatic heterocycles. The fourth-order valence-corrected chi connectivity index (χ4v) is 4.70. The summed E-state index contributed by atoms with van der Waals surface area (Å²) in [5.41, 5.74) is 4.56. The lowest BCUT2D eigenvalue weighted by Gasteiger charge is -2.14. The number of benzene rings is 1. The topological polar surface area (TPSA) is 97.2 Å². The van der Waals surface area contributed by atoms with E-state index < -0.39 is 5.30 Å². The molecule has 0 radical (unpaired) electrons. The molecule has 7 nitrogen and oxygen atoms in total. The zero-order chi connectivity index (χ0) is 30.2. The van der Waals surface area contributed by atoms with E-state index >= 15 is 0 Å². The molecule has 1 amide bonds. The van der Waals surface area contributed by atoms with Gasteiger partial charge in [-0.3, -0.25) is 19.6 Å². The maximum atomic E-state index is 13.4. The number of hydrogen-bond acceptors (Lipinski definition) is 7. The summed E-state index contributed by atoms with van der Waals surface area (Å²) in [6, 6.07) is 4.05. The molecule has 9 heteroatoms. The van der Waals surface area contributed by atoms with E-state index in [0.717, 1.165) is 34.0 Å². The number of allylic oxidation sites excluding steroid dienone is 7. The summed E-state index contributed by atoms with van der Waals surface area (Å²) in [6.07, 6.45) is 9.21. The van der Waals surface area contributed by atoms with Crippen LogP contribution < -0.4 is 5.32 Å². The van der Waals surface area contributed by atoms with Crippen molar-refractivity contribution in [1.82, 2.24) is 5.32 Å². The Kier molecular flexibility index (Phi) is 15.8. The SMILES string of the molecule is C/C=C(/Cl)C=NC.C=N/C(=C\C=C/C)C(=O)NCCC1CC(OC(=O)SCC)=C(c2c(C)cc(C)cc2C)C1=O. The minimum atomic E-state index is -0.412. The summed E-state index contributed by atoms with van der Waals surface area (Å²) >= 11 is 6.55. The van der Waals surface area contributed by atoms with Gasteiger partial charge in [0.1, 0.15) is 11.5 Å². The van der Waals surface area contributed by atoms with Gasteiger partial charge in [0.2, 0.25) is 0 Å². The average molecular weight is 586 g/mol. The van der Waals surface area contributed by atoms with E-state index in [1.807, 2.05) is 53.7 Å². The molecular weight excluding hydrogens is 546 g/mol. The molecular formula is C31H40ClN3O4S. The first-order valence-corrected chi connectivity index (χ1v) is 14.4. The van der Waals surface area contributed by atoms with Gasteiger partial charge < -0.3 is 10.1 Å². The average Bonchev–Trinajstić information content (AvgIpc) is 3.18. The quantitative estimate of drug-likeness (QED) is 0.134. The number of nitrogens with one attached hydrogen (secondary N) is 1. The summed E-state index contributed by atoms with van der Waals surface area (Å²) in [4.78, 5) is 45.4. The van der Waals surface area contributed by atoms with Crippen molar-refractivity contribution in [3.8, 4) is 0 Å². The number of hydrogen-bond donors (Lipinski definition) is 1. The lowest BCUT2D eigenvalue weighted by molar-refractivity contribution is -0.119. The van der Waals surface area contributed by atoms with E-state index in [9.17, 15) is 14.4 Å². The van der Waals surface area contributed by atoms with E-state index in [2.05, 4.69) is 22.0 Å². The molecule has 1 aliphatic carbocycles. The van der Waals surface area contributed by atoms with E-state index in [0.29, 0.717) is 41.5 Å². The Bertz CT molecular complexity index is 1220. The molecule has 0 spiro atoms. The molecule has 0 aliphatic heterocycles. The van der Waals surface area contributed by atoms with Crippen LogP contribution in [0.15, 0.2) is 62.9 Å². The summed E-state index contributed by atoms with van der Waals surface area (Å²) in [7, 11) is 1.69. The summed E-state index contributed by atoms with van der Waals surface area (Å²) in [5.74, 6) is 0.217. The lowest BCUT2D eigenvalue weighted by Crippen LogP contribution is -2.27. The van der Waals surface area contributed by atoms with Crippen LogP contribution in [-0.4, -0.2) is 49.3 Å². The lowest BCUT2D eigenvalue weighted by atomic mass is 9.90. The normalized spacial score (nSPS) is 15.9. The van der Waals surface area contributed by atoms with Crippen LogP contribution in [0.25, 0.3) is 5.57 Å². The van der Waals surface area contributed by atoms with Crippen molar-refractivity contribution in [3.05, 3.63) is 75.2 Å². The smallest absolute Gasteiger partial charge is 0.372 e. The van der Waals surface area contributed by atoms with Gasteiger partial charge in [-0.25, -0.2) is 4.79 Å². The minimum Gasteiger partial charge on any atom is -0.422 e. The Balaban J connectivity index is 0.00000101. The van der Waals surface area contributed by atoms with Crippen LogP contribution in [0, 0.1) is 26.7 Å². The Morgan fingerprint density at radius 2 is 1.88 bits per heavy atom. The van der Waals surface area contributed by atoms with Gasteiger partial charge in [0.15, 0.2) is 5.78 Å². The Hall–Kier alpha value is -3.23. The van der Waals surface area contributed by atoms with E-state index in [4.69, 9.17) is 16.3 Å². The zero-order valence-electron chi connectivity index (χ0n) is 24.5. The second-order valence-electron chi connectivity index (χ2n) is 8.96. The summed E-state index contributed by atoms with van der Waals surface area (Å²) < 4.78 is 5.64. The largest absolute Gasteiger partial charge is 0.422 e. The summed E-state index contributed by atoms with van der Waals surface area (Å²) in [6.45, 7) is 15.2. The van der Waals surface area contributed by atoms with Gasteiger partial charge in [-0.2, -0.15) is 0 Å². The summed E-state index contributed by atoms with van der Waals surface area (Å²) in [5, 5.41) is 3.06. The first-order valence-electron chi connectivity index (χ1n) is 13.1. The number of amides is 1. The Morgan fingerprint density at radius 1 is 1.23 bits per heavy atom. The fraction of sp³-hybridized carbons (Fsp3) is 0.387. The third-order valence-electron chi connectivity index (χ3n) is 5.88. The van der Waals surface area contributed by atoms with Crippen LogP contribution in [0.5, 0.6) is 0 Å². The van der Waals surface area contributed by atoms with Crippen molar-refractivity contribution in [2.45, 2.75) is 54.4 Å². The third-order valence-corrected chi connectivity index (χ3v) is 6.80. The zero-order valence-corrected chi connectivity index (χ0v) is 26.0. The van der Waals surface area contributed by atoms with Crippen molar-refractivity contribution in [2.75, 3.05) is 19.3 Å². The number of Topliss-reactive ketones (excluding diaryl/α,β-unsaturated/α-hetero) is 1. The molecule has 0 saturated heterocycles. The number of ketones is 1. The van der Waals surface area contributed by atoms with Crippen LogP contribution >= 0.6 is 23.4 Å². The van der Waals surface area contributed by atoms with Gasteiger partial charge in [0, 0.05) is 37.9 Å². The second-order valence-corrected chi connectivity index (χ2v) is 10.6. The first kappa shape index (κ1) is 34.8. The monoisotopic (exact) mass is 585 g/mol. The fourth-order valence-electron chi connectivity index (χ4n) is 4.21. The van der Waals surface area contributed by atoms with Crippen LogP contribution in [-0.2, 0) is 14.3 Å². The number of halogens is 1. The number of carbonyl (C=O) groups is 3. The number of nitrogens with zero attached hydrogens (tertiary/aromatic N) is 2. The molecule has 216 valence electrons. The van der Waals surface area contributed by atoms with E-state index in [1.54, 1.807) is 37.6 Å². The molecule has 1 unspecified atom stereocenters. The molecule has 1 N–H and O–H groups in total. The van der Waals surface area contributed by atoms with Crippen molar-refractivity contribution >= 4 is 58.9 Å². The van der Waals surface area contributed by atoms with Gasteiger partial charge >= 0.3 is 5.30 Å². The first-order chi connectivity index (χ1) is 19.0. The molecule has 1 aromatic carbocycles. The Labute approximate surface area is 247 Å². The van der Waals surface area contributed by atoms with Crippen LogP contribution in [0.4, 0.5) is 4.79 Å².